The van der Waals surface area contributed by atoms with E-state index >= 15 is 0 Å². The number of hydrogen-bond acceptors (Lipinski definition) is 2. The molecule has 0 aromatic heterocycles. The van der Waals surface area contributed by atoms with Crippen molar-refractivity contribution in [2.45, 2.75) is 18.9 Å². The fourth-order valence-corrected chi connectivity index (χ4v) is 3.15. The van der Waals surface area contributed by atoms with Gasteiger partial charge < -0.3 is 5.32 Å². The average molecular weight is 272 g/mol. The molecule has 3 heteroatoms. The van der Waals surface area contributed by atoms with Crippen LogP contribution in [0.4, 0.5) is 5.69 Å². The molecule has 1 heterocycles. The smallest absolute Gasteiger partial charge is 0.0486 e. The van der Waals surface area contributed by atoms with Crippen LogP contribution in [0.3, 0.4) is 0 Å². The van der Waals surface area contributed by atoms with Gasteiger partial charge in [0.15, 0.2) is 0 Å². The Morgan fingerprint density at radius 2 is 1.93 bits per heavy atom. The molecule has 1 aliphatic rings. The van der Waals surface area contributed by atoms with E-state index in [1.807, 2.05) is 6.07 Å². The summed E-state index contributed by atoms with van der Waals surface area (Å²) in [6, 6.07) is 9.00. The Bertz CT molecular complexity index is 297. The molecule has 0 atom stereocenters. The molecular weight excluding hydrogens is 258 g/mol. The lowest BCUT2D eigenvalue weighted by Gasteiger charge is -2.24. The molecule has 0 radical (unpaired) electrons. The van der Waals surface area contributed by atoms with Crippen LogP contribution < -0.4 is 5.32 Å². The molecule has 0 aliphatic carbocycles. The average Bonchev–Trinajstić information content (AvgIpc) is 2.23. The molecule has 76 valence electrons. The first-order valence-electron chi connectivity index (χ1n) is 4.95. The SMILES string of the molecule is Brc1ccccc1NC1CCSCC1. The topological polar surface area (TPSA) is 12.0 Å². The third-order valence-electron chi connectivity index (χ3n) is 2.45. The largest absolute Gasteiger partial charge is 0.381 e. The van der Waals surface area contributed by atoms with Gasteiger partial charge in [-0.2, -0.15) is 11.8 Å². The first-order valence-corrected chi connectivity index (χ1v) is 6.90. The van der Waals surface area contributed by atoms with Gasteiger partial charge >= 0.3 is 0 Å². The Balaban J connectivity index is 1.99. The Kier molecular flexibility index (Phi) is 3.76. The normalized spacial score (nSPS) is 18.1. The highest BCUT2D eigenvalue weighted by Crippen LogP contribution is 2.25. The van der Waals surface area contributed by atoms with E-state index in [2.05, 4.69) is 51.2 Å². The molecule has 0 unspecified atom stereocenters. The molecule has 1 aromatic rings. The number of thioether (sulfide) groups is 1. The predicted molar refractivity (Wildman–Crippen MR) is 68.1 cm³/mol. The van der Waals surface area contributed by atoms with E-state index in [0.717, 1.165) is 0 Å². The van der Waals surface area contributed by atoms with Crippen molar-refractivity contribution in [1.29, 1.82) is 0 Å². The second-order valence-corrected chi connectivity index (χ2v) is 5.59. The van der Waals surface area contributed by atoms with Gasteiger partial charge in [-0.05, 0) is 52.4 Å². The summed E-state index contributed by atoms with van der Waals surface area (Å²) in [7, 11) is 0. The van der Waals surface area contributed by atoms with Crippen LogP contribution in [0.15, 0.2) is 28.7 Å². The number of hydrogen-bond donors (Lipinski definition) is 1. The number of halogens is 1. The second-order valence-electron chi connectivity index (χ2n) is 3.51. The van der Waals surface area contributed by atoms with Gasteiger partial charge in [-0.25, -0.2) is 0 Å². The molecule has 14 heavy (non-hydrogen) atoms. The molecule has 1 N–H and O–H groups in total. The first-order chi connectivity index (χ1) is 6.86. The van der Waals surface area contributed by atoms with Crippen molar-refractivity contribution in [3.63, 3.8) is 0 Å². The zero-order chi connectivity index (χ0) is 9.80. The zero-order valence-electron chi connectivity index (χ0n) is 8.00. The van der Waals surface area contributed by atoms with Crippen molar-refractivity contribution in [3.8, 4) is 0 Å². The van der Waals surface area contributed by atoms with Gasteiger partial charge in [-0.3, -0.25) is 0 Å². The van der Waals surface area contributed by atoms with Crippen LogP contribution in [0.2, 0.25) is 0 Å². The first kappa shape index (κ1) is 10.4. The standard InChI is InChI=1S/C11H14BrNS/c12-10-3-1-2-4-11(10)13-9-5-7-14-8-6-9/h1-4,9,13H,5-8H2. The van der Waals surface area contributed by atoms with Crippen LogP contribution in [0.5, 0.6) is 0 Å². The molecule has 0 amide bonds. The fourth-order valence-electron chi connectivity index (χ4n) is 1.64. The lowest BCUT2D eigenvalue weighted by molar-refractivity contribution is 0.666. The highest BCUT2D eigenvalue weighted by molar-refractivity contribution is 9.10. The van der Waals surface area contributed by atoms with Gasteiger partial charge in [0.1, 0.15) is 0 Å². The van der Waals surface area contributed by atoms with E-state index in [0.29, 0.717) is 6.04 Å². The monoisotopic (exact) mass is 271 g/mol. The minimum atomic E-state index is 0.662. The van der Waals surface area contributed by atoms with Crippen molar-refractivity contribution in [2.24, 2.45) is 0 Å². The van der Waals surface area contributed by atoms with Gasteiger partial charge in [0, 0.05) is 16.2 Å². The summed E-state index contributed by atoms with van der Waals surface area (Å²) < 4.78 is 1.17. The molecule has 2 rings (SSSR count). The van der Waals surface area contributed by atoms with Gasteiger partial charge in [-0.15, -0.1) is 0 Å². The second kappa shape index (κ2) is 5.08. The molecule has 1 aromatic carbocycles. The third kappa shape index (κ3) is 2.67. The maximum absolute atomic E-state index is 3.59. The molecule has 0 spiro atoms. The summed E-state index contributed by atoms with van der Waals surface area (Å²) in [5.41, 5.74) is 1.23. The van der Waals surface area contributed by atoms with E-state index in [4.69, 9.17) is 0 Å². The minimum absolute atomic E-state index is 0.662. The lowest BCUT2D eigenvalue weighted by atomic mass is 10.1. The van der Waals surface area contributed by atoms with Gasteiger partial charge in [0.05, 0.1) is 0 Å². The van der Waals surface area contributed by atoms with Gasteiger partial charge in [0.25, 0.3) is 0 Å². The molecule has 0 saturated carbocycles. The highest BCUT2D eigenvalue weighted by atomic mass is 79.9. The van der Waals surface area contributed by atoms with E-state index in [1.54, 1.807) is 0 Å². The molecule has 1 fully saturated rings. The van der Waals surface area contributed by atoms with Crippen molar-refractivity contribution in [2.75, 3.05) is 16.8 Å². The van der Waals surface area contributed by atoms with Crippen LogP contribution in [-0.4, -0.2) is 17.5 Å². The molecule has 1 aliphatic heterocycles. The van der Waals surface area contributed by atoms with E-state index in [9.17, 15) is 0 Å². The van der Waals surface area contributed by atoms with Crippen LogP contribution >= 0.6 is 27.7 Å². The van der Waals surface area contributed by atoms with Crippen molar-refractivity contribution < 1.29 is 0 Å². The number of nitrogens with one attached hydrogen (secondary N) is 1. The summed E-state index contributed by atoms with van der Waals surface area (Å²) >= 11 is 5.62. The Morgan fingerprint density at radius 1 is 1.21 bits per heavy atom. The van der Waals surface area contributed by atoms with E-state index < -0.39 is 0 Å². The molecule has 1 nitrogen and oxygen atoms in total. The summed E-state index contributed by atoms with van der Waals surface area (Å²) in [6.07, 6.45) is 2.57. The Morgan fingerprint density at radius 3 is 2.64 bits per heavy atom. The number of anilines is 1. The Labute approximate surface area is 97.8 Å². The molecule has 1 saturated heterocycles. The molecular formula is C11H14BrNS. The Hall–Kier alpha value is -0.150. The highest BCUT2D eigenvalue weighted by Gasteiger charge is 2.13. The number of benzene rings is 1. The van der Waals surface area contributed by atoms with Gasteiger partial charge in [-0.1, -0.05) is 12.1 Å². The summed E-state index contributed by atoms with van der Waals surface area (Å²) in [6.45, 7) is 0. The zero-order valence-corrected chi connectivity index (χ0v) is 10.4. The minimum Gasteiger partial charge on any atom is -0.381 e. The van der Waals surface area contributed by atoms with E-state index in [-0.39, 0.29) is 0 Å². The lowest BCUT2D eigenvalue weighted by Crippen LogP contribution is -2.24. The van der Waals surface area contributed by atoms with Crippen LogP contribution in [0, 0.1) is 0 Å². The van der Waals surface area contributed by atoms with Crippen LogP contribution in [0.25, 0.3) is 0 Å². The van der Waals surface area contributed by atoms with Crippen LogP contribution in [-0.2, 0) is 0 Å². The van der Waals surface area contributed by atoms with E-state index in [1.165, 1.54) is 34.5 Å². The van der Waals surface area contributed by atoms with Crippen LogP contribution in [0.1, 0.15) is 12.8 Å². The summed E-state index contributed by atoms with van der Waals surface area (Å²) in [5.74, 6) is 2.59. The van der Waals surface area contributed by atoms with Crippen molar-refractivity contribution in [1.82, 2.24) is 0 Å². The fraction of sp³-hybridized carbons (Fsp3) is 0.455. The number of rotatable bonds is 2. The van der Waals surface area contributed by atoms with Gasteiger partial charge in [0.2, 0.25) is 0 Å². The summed E-state index contributed by atoms with van der Waals surface area (Å²) in [4.78, 5) is 0. The predicted octanol–water partition coefficient (Wildman–Crippen LogP) is 3.76. The van der Waals surface area contributed by atoms with Crippen molar-refractivity contribution in [3.05, 3.63) is 28.7 Å². The maximum atomic E-state index is 3.59. The third-order valence-corrected chi connectivity index (χ3v) is 4.20. The maximum Gasteiger partial charge on any atom is 0.0486 e. The summed E-state index contributed by atoms with van der Waals surface area (Å²) in [5, 5.41) is 3.59. The molecule has 0 bridgehead atoms. The number of para-hydroxylation sites is 1. The quantitative estimate of drug-likeness (QED) is 0.879. The van der Waals surface area contributed by atoms with Crippen molar-refractivity contribution >= 4 is 33.4 Å².